The van der Waals surface area contributed by atoms with Crippen LogP contribution in [0.25, 0.3) is 0 Å². The van der Waals surface area contributed by atoms with E-state index in [1.54, 1.807) is 0 Å². The Morgan fingerprint density at radius 1 is 1.10 bits per heavy atom. The van der Waals surface area contributed by atoms with Crippen LogP contribution in [0.3, 0.4) is 0 Å². The first-order valence-electron chi connectivity index (χ1n) is 7.32. The Morgan fingerprint density at radius 3 is 2.20 bits per heavy atom. The summed E-state index contributed by atoms with van der Waals surface area (Å²) in [5.41, 5.74) is 0.0438. The standard InChI is InChI=1S/C16H22F3N/c1-3-15(4-2,11-20-14-8-9-14)12-6-5-7-13(10-12)16(17,18)19/h5-7,10,14,20H,3-4,8-9,11H2,1-2H3. The summed E-state index contributed by atoms with van der Waals surface area (Å²) in [6.07, 6.45) is -0.222. The Morgan fingerprint density at radius 2 is 1.70 bits per heavy atom. The summed E-state index contributed by atoms with van der Waals surface area (Å²) < 4.78 is 38.6. The van der Waals surface area contributed by atoms with Crippen LogP contribution in [-0.2, 0) is 11.6 Å². The van der Waals surface area contributed by atoms with Crippen molar-refractivity contribution >= 4 is 0 Å². The van der Waals surface area contributed by atoms with Gasteiger partial charge in [-0.3, -0.25) is 0 Å². The zero-order valence-electron chi connectivity index (χ0n) is 12.1. The maximum absolute atomic E-state index is 12.9. The molecule has 0 amide bonds. The Hall–Kier alpha value is -1.03. The molecule has 0 aliphatic heterocycles. The number of halogens is 3. The summed E-state index contributed by atoms with van der Waals surface area (Å²) >= 11 is 0. The van der Waals surface area contributed by atoms with E-state index in [2.05, 4.69) is 19.2 Å². The van der Waals surface area contributed by atoms with Gasteiger partial charge in [0.1, 0.15) is 0 Å². The molecule has 1 aromatic carbocycles. The lowest BCUT2D eigenvalue weighted by molar-refractivity contribution is -0.137. The lowest BCUT2D eigenvalue weighted by Crippen LogP contribution is -2.38. The van der Waals surface area contributed by atoms with Gasteiger partial charge in [0, 0.05) is 18.0 Å². The molecule has 0 heterocycles. The molecule has 1 aliphatic carbocycles. The molecule has 0 aromatic heterocycles. The number of rotatable bonds is 6. The Balaban J connectivity index is 2.27. The second-order valence-electron chi connectivity index (χ2n) is 5.72. The number of nitrogens with one attached hydrogen (secondary N) is 1. The third-order valence-corrected chi connectivity index (χ3v) is 4.46. The maximum Gasteiger partial charge on any atom is 0.416 e. The van der Waals surface area contributed by atoms with E-state index in [1.165, 1.54) is 25.0 Å². The predicted octanol–water partition coefficient (Wildman–Crippen LogP) is 4.52. The van der Waals surface area contributed by atoms with Crippen LogP contribution in [0.1, 0.15) is 50.7 Å². The average Bonchev–Trinajstić information content (AvgIpc) is 3.24. The third kappa shape index (κ3) is 3.35. The molecular formula is C16H22F3N. The van der Waals surface area contributed by atoms with Crippen LogP contribution in [0.15, 0.2) is 24.3 Å². The number of hydrogen-bond acceptors (Lipinski definition) is 1. The van der Waals surface area contributed by atoms with E-state index in [-0.39, 0.29) is 5.41 Å². The molecule has 0 radical (unpaired) electrons. The second kappa shape index (κ2) is 5.76. The van der Waals surface area contributed by atoms with E-state index < -0.39 is 11.7 Å². The van der Waals surface area contributed by atoms with E-state index in [0.717, 1.165) is 31.0 Å². The average molecular weight is 285 g/mol. The minimum absolute atomic E-state index is 0.205. The molecule has 1 saturated carbocycles. The first-order chi connectivity index (χ1) is 9.41. The molecular weight excluding hydrogens is 263 g/mol. The van der Waals surface area contributed by atoms with Crippen molar-refractivity contribution in [3.63, 3.8) is 0 Å². The smallest absolute Gasteiger partial charge is 0.313 e. The topological polar surface area (TPSA) is 12.0 Å². The number of benzene rings is 1. The van der Waals surface area contributed by atoms with E-state index >= 15 is 0 Å². The van der Waals surface area contributed by atoms with Crippen LogP contribution in [0, 0.1) is 0 Å². The molecule has 0 unspecified atom stereocenters. The third-order valence-electron chi connectivity index (χ3n) is 4.46. The maximum atomic E-state index is 12.9. The van der Waals surface area contributed by atoms with Gasteiger partial charge in [-0.2, -0.15) is 13.2 Å². The quantitative estimate of drug-likeness (QED) is 0.810. The van der Waals surface area contributed by atoms with Crippen LogP contribution >= 0.6 is 0 Å². The summed E-state index contributed by atoms with van der Waals surface area (Å²) in [6.45, 7) is 4.86. The van der Waals surface area contributed by atoms with E-state index in [0.29, 0.717) is 6.04 Å². The molecule has 4 heteroatoms. The highest BCUT2D eigenvalue weighted by Crippen LogP contribution is 2.36. The molecule has 1 nitrogen and oxygen atoms in total. The van der Waals surface area contributed by atoms with Crippen molar-refractivity contribution < 1.29 is 13.2 Å². The lowest BCUT2D eigenvalue weighted by atomic mass is 9.75. The van der Waals surface area contributed by atoms with Crippen molar-refractivity contribution in [3.05, 3.63) is 35.4 Å². The van der Waals surface area contributed by atoms with Gasteiger partial charge in [0.2, 0.25) is 0 Å². The highest BCUT2D eigenvalue weighted by molar-refractivity contribution is 5.32. The lowest BCUT2D eigenvalue weighted by Gasteiger charge is -2.33. The van der Waals surface area contributed by atoms with E-state index in [9.17, 15) is 13.2 Å². The molecule has 1 aliphatic rings. The molecule has 1 fully saturated rings. The van der Waals surface area contributed by atoms with Gasteiger partial charge in [0.05, 0.1) is 5.56 Å². The molecule has 1 N–H and O–H groups in total. The summed E-state index contributed by atoms with van der Waals surface area (Å²) in [7, 11) is 0. The summed E-state index contributed by atoms with van der Waals surface area (Å²) in [5.74, 6) is 0. The predicted molar refractivity (Wildman–Crippen MR) is 74.7 cm³/mol. The van der Waals surface area contributed by atoms with Gasteiger partial charge in [-0.1, -0.05) is 32.0 Å². The van der Waals surface area contributed by atoms with Gasteiger partial charge >= 0.3 is 6.18 Å². The molecule has 2 rings (SSSR count). The van der Waals surface area contributed by atoms with Crippen LogP contribution in [-0.4, -0.2) is 12.6 Å². The fourth-order valence-corrected chi connectivity index (χ4v) is 2.66. The van der Waals surface area contributed by atoms with Crippen LogP contribution in [0.5, 0.6) is 0 Å². The molecule has 0 atom stereocenters. The van der Waals surface area contributed by atoms with Gasteiger partial charge in [-0.15, -0.1) is 0 Å². The second-order valence-corrected chi connectivity index (χ2v) is 5.72. The van der Waals surface area contributed by atoms with Crippen molar-refractivity contribution in [2.45, 2.75) is 57.2 Å². The van der Waals surface area contributed by atoms with E-state index in [4.69, 9.17) is 0 Å². The zero-order chi connectivity index (χ0) is 14.8. The van der Waals surface area contributed by atoms with E-state index in [1.807, 2.05) is 6.07 Å². The molecule has 0 saturated heterocycles. The molecule has 0 bridgehead atoms. The highest BCUT2D eigenvalue weighted by Gasteiger charge is 2.35. The molecule has 0 spiro atoms. The van der Waals surface area contributed by atoms with Crippen molar-refractivity contribution in [2.75, 3.05) is 6.54 Å². The van der Waals surface area contributed by atoms with Crippen molar-refractivity contribution in [3.8, 4) is 0 Å². The van der Waals surface area contributed by atoms with Crippen LogP contribution in [0.2, 0.25) is 0 Å². The van der Waals surface area contributed by atoms with Gasteiger partial charge in [-0.05, 0) is 37.3 Å². The SMILES string of the molecule is CCC(CC)(CNC1CC1)c1cccc(C(F)(F)F)c1. The number of alkyl halides is 3. The monoisotopic (exact) mass is 285 g/mol. The summed E-state index contributed by atoms with van der Waals surface area (Å²) in [6, 6.07) is 6.39. The fraction of sp³-hybridized carbons (Fsp3) is 0.625. The summed E-state index contributed by atoms with van der Waals surface area (Å²) in [5, 5.41) is 3.47. The minimum Gasteiger partial charge on any atom is -0.313 e. The Bertz CT molecular complexity index is 445. The van der Waals surface area contributed by atoms with Gasteiger partial charge in [0.25, 0.3) is 0 Å². The van der Waals surface area contributed by atoms with Crippen molar-refractivity contribution in [1.82, 2.24) is 5.32 Å². The molecule has 20 heavy (non-hydrogen) atoms. The van der Waals surface area contributed by atoms with Crippen molar-refractivity contribution in [2.24, 2.45) is 0 Å². The Labute approximate surface area is 118 Å². The van der Waals surface area contributed by atoms with Crippen molar-refractivity contribution in [1.29, 1.82) is 0 Å². The summed E-state index contributed by atoms with van der Waals surface area (Å²) in [4.78, 5) is 0. The normalized spacial score (nSPS) is 16.4. The molecule has 1 aromatic rings. The highest BCUT2D eigenvalue weighted by atomic mass is 19.4. The largest absolute Gasteiger partial charge is 0.416 e. The zero-order valence-corrected chi connectivity index (χ0v) is 12.1. The fourth-order valence-electron chi connectivity index (χ4n) is 2.66. The Kier molecular flexibility index (Phi) is 4.43. The first kappa shape index (κ1) is 15.4. The minimum atomic E-state index is -4.27. The van der Waals surface area contributed by atoms with Gasteiger partial charge in [-0.25, -0.2) is 0 Å². The van der Waals surface area contributed by atoms with Crippen LogP contribution < -0.4 is 5.32 Å². The van der Waals surface area contributed by atoms with Gasteiger partial charge in [0.15, 0.2) is 0 Å². The first-order valence-corrected chi connectivity index (χ1v) is 7.32. The van der Waals surface area contributed by atoms with Crippen LogP contribution in [0.4, 0.5) is 13.2 Å². The van der Waals surface area contributed by atoms with Gasteiger partial charge < -0.3 is 5.32 Å². The molecule has 112 valence electrons. The number of hydrogen-bond donors (Lipinski definition) is 1.